The minimum Gasteiger partial charge on any atom is -0.458 e. The maximum absolute atomic E-state index is 11.9. The van der Waals surface area contributed by atoms with Crippen molar-refractivity contribution in [2.45, 2.75) is 19.1 Å². The molecule has 6 heteroatoms. The van der Waals surface area contributed by atoms with Gasteiger partial charge in [-0.3, -0.25) is 0 Å². The molecule has 1 unspecified atom stereocenters. The molecule has 0 radical (unpaired) electrons. The van der Waals surface area contributed by atoms with E-state index in [-0.39, 0.29) is 12.6 Å². The third kappa shape index (κ3) is 4.32. The van der Waals surface area contributed by atoms with Crippen LogP contribution in [0.25, 0.3) is 11.0 Å². The summed E-state index contributed by atoms with van der Waals surface area (Å²) in [5, 5.41) is 17.6. The highest BCUT2D eigenvalue weighted by molar-refractivity contribution is 6.30. The Hall–Kier alpha value is -2.50. The Balaban J connectivity index is 1.55. The SMILES string of the molecule is CC(O)(CNC(=O)NCc1ccc(Cl)cc1)c1cc2ccccc2o1. The highest BCUT2D eigenvalue weighted by Crippen LogP contribution is 2.27. The van der Waals surface area contributed by atoms with Crippen LogP contribution in [0.3, 0.4) is 0 Å². The number of nitrogens with one attached hydrogen (secondary N) is 2. The minimum atomic E-state index is -1.31. The van der Waals surface area contributed by atoms with Gasteiger partial charge in [0.15, 0.2) is 0 Å². The van der Waals surface area contributed by atoms with Crippen LogP contribution in [0.2, 0.25) is 5.02 Å². The molecule has 0 fully saturated rings. The minimum absolute atomic E-state index is 0.0271. The Morgan fingerprint density at radius 2 is 1.88 bits per heavy atom. The van der Waals surface area contributed by atoms with Crippen molar-refractivity contribution in [3.8, 4) is 0 Å². The van der Waals surface area contributed by atoms with Crippen LogP contribution in [0.5, 0.6) is 0 Å². The second-order valence-electron chi connectivity index (χ2n) is 6.09. The summed E-state index contributed by atoms with van der Waals surface area (Å²) in [7, 11) is 0. The van der Waals surface area contributed by atoms with Gasteiger partial charge in [-0.15, -0.1) is 0 Å². The number of amides is 2. The molecule has 0 aliphatic heterocycles. The zero-order valence-electron chi connectivity index (χ0n) is 13.8. The molecule has 5 nitrogen and oxygen atoms in total. The second-order valence-corrected chi connectivity index (χ2v) is 6.52. The Morgan fingerprint density at radius 3 is 2.60 bits per heavy atom. The van der Waals surface area contributed by atoms with E-state index in [1.807, 2.05) is 36.4 Å². The van der Waals surface area contributed by atoms with E-state index in [1.54, 1.807) is 25.1 Å². The molecule has 3 aromatic rings. The number of fused-ring (bicyclic) bond motifs is 1. The lowest BCUT2D eigenvalue weighted by molar-refractivity contribution is 0.0383. The van der Waals surface area contributed by atoms with E-state index in [0.29, 0.717) is 22.9 Å². The van der Waals surface area contributed by atoms with Gasteiger partial charge < -0.3 is 20.2 Å². The van der Waals surface area contributed by atoms with E-state index < -0.39 is 5.60 Å². The van der Waals surface area contributed by atoms with Crippen LogP contribution in [-0.2, 0) is 12.1 Å². The van der Waals surface area contributed by atoms with Crippen LogP contribution in [0.1, 0.15) is 18.2 Å². The van der Waals surface area contributed by atoms with Gasteiger partial charge in [-0.25, -0.2) is 4.79 Å². The van der Waals surface area contributed by atoms with E-state index in [0.717, 1.165) is 10.9 Å². The molecule has 0 bridgehead atoms. The number of benzene rings is 2. The first-order chi connectivity index (χ1) is 11.9. The maximum atomic E-state index is 11.9. The summed E-state index contributed by atoms with van der Waals surface area (Å²) < 4.78 is 5.67. The molecule has 1 atom stereocenters. The summed E-state index contributed by atoms with van der Waals surface area (Å²) >= 11 is 5.83. The van der Waals surface area contributed by atoms with Crippen LogP contribution in [0, 0.1) is 0 Å². The smallest absolute Gasteiger partial charge is 0.315 e. The molecule has 3 N–H and O–H groups in total. The van der Waals surface area contributed by atoms with Gasteiger partial charge in [0.1, 0.15) is 16.9 Å². The van der Waals surface area contributed by atoms with Gasteiger partial charge in [0.05, 0.1) is 6.54 Å². The number of para-hydroxylation sites is 1. The first kappa shape index (κ1) is 17.3. The predicted octanol–water partition coefficient (Wildman–Crippen LogP) is 3.79. The highest BCUT2D eigenvalue weighted by atomic mass is 35.5. The summed E-state index contributed by atoms with van der Waals surface area (Å²) in [6, 6.07) is 16.1. The van der Waals surface area contributed by atoms with Crippen molar-refractivity contribution in [1.29, 1.82) is 0 Å². The number of aliphatic hydroxyl groups is 1. The number of carbonyl (C=O) groups excluding carboxylic acids is 1. The van der Waals surface area contributed by atoms with Gasteiger partial charge in [-0.05, 0) is 36.8 Å². The fourth-order valence-electron chi connectivity index (χ4n) is 2.43. The standard InChI is InChI=1S/C19H19ClN2O3/c1-19(24,17-10-14-4-2-3-5-16(14)25-17)12-22-18(23)21-11-13-6-8-15(20)9-7-13/h2-10,24H,11-12H2,1H3,(H2,21,22,23). The molecule has 0 saturated heterocycles. The number of furan rings is 1. The monoisotopic (exact) mass is 358 g/mol. The topological polar surface area (TPSA) is 74.5 Å². The number of urea groups is 1. The molecular weight excluding hydrogens is 340 g/mol. The molecule has 2 amide bonds. The molecule has 25 heavy (non-hydrogen) atoms. The van der Waals surface area contributed by atoms with E-state index in [9.17, 15) is 9.90 Å². The molecule has 2 aromatic carbocycles. The Bertz CT molecular complexity index is 839. The van der Waals surface area contributed by atoms with Crippen molar-refractivity contribution in [3.05, 3.63) is 70.9 Å². The summed E-state index contributed by atoms with van der Waals surface area (Å²) in [5.74, 6) is 0.409. The van der Waals surface area contributed by atoms with Crippen molar-refractivity contribution < 1.29 is 14.3 Å². The van der Waals surface area contributed by atoms with Crippen molar-refractivity contribution in [1.82, 2.24) is 10.6 Å². The average molecular weight is 359 g/mol. The normalized spacial score (nSPS) is 13.4. The van der Waals surface area contributed by atoms with Gasteiger partial charge in [0.25, 0.3) is 0 Å². The summed E-state index contributed by atoms with van der Waals surface area (Å²) in [5.41, 5.74) is 0.324. The van der Waals surface area contributed by atoms with Gasteiger partial charge >= 0.3 is 6.03 Å². The summed E-state index contributed by atoms with van der Waals surface area (Å²) in [6.45, 7) is 2.00. The van der Waals surface area contributed by atoms with E-state index in [1.165, 1.54) is 0 Å². The fraction of sp³-hybridized carbons (Fsp3) is 0.211. The van der Waals surface area contributed by atoms with Crippen LogP contribution < -0.4 is 10.6 Å². The quantitative estimate of drug-likeness (QED) is 0.649. The van der Waals surface area contributed by atoms with Gasteiger partial charge in [-0.1, -0.05) is 41.9 Å². The number of hydrogen-bond donors (Lipinski definition) is 3. The Morgan fingerprint density at radius 1 is 1.16 bits per heavy atom. The first-order valence-electron chi connectivity index (χ1n) is 7.92. The number of halogens is 1. The Kier molecular flexibility index (Phi) is 4.97. The van der Waals surface area contributed by atoms with Crippen LogP contribution in [-0.4, -0.2) is 17.7 Å². The number of hydrogen-bond acceptors (Lipinski definition) is 3. The van der Waals surface area contributed by atoms with Gasteiger partial charge in [0.2, 0.25) is 0 Å². The van der Waals surface area contributed by atoms with Crippen molar-refractivity contribution in [3.63, 3.8) is 0 Å². The van der Waals surface area contributed by atoms with Crippen molar-refractivity contribution >= 4 is 28.6 Å². The largest absolute Gasteiger partial charge is 0.458 e. The molecule has 0 aliphatic rings. The zero-order valence-corrected chi connectivity index (χ0v) is 14.5. The zero-order chi connectivity index (χ0) is 17.9. The van der Waals surface area contributed by atoms with E-state index in [4.69, 9.17) is 16.0 Å². The van der Waals surface area contributed by atoms with Crippen molar-refractivity contribution in [2.24, 2.45) is 0 Å². The molecule has 1 aromatic heterocycles. The maximum Gasteiger partial charge on any atom is 0.315 e. The second kappa shape index (κ2) is 7.17. The lowest BCUT2D eigenvalue weighted by atomic mass is 10.0. The molecule has 0 spiro atoms. The van der Waals surface area contributed by atoms with E-state index in [2.05, 4.69) is 10.6 Å². The molecule has 130 valence electrons. The summed E-state index contributed by atoms with van der Waals surface area (Å²) in [6.07, 6.45) is 0. The molecule has 0 aliphatic carbocycles. The average Bonchev–Trinajstić information content (AvgIpc) is 3.05. The van der Waals surface area contributed by atoms with Gasteiger partial charge in [0, 0.05) is 17.0 Å². The third-order valence-electron chi connectivity index (χ3n) is 3.92. The first-order valence-corrected chi connectivity index (χ1v) is 8.29. The third-order valence-corrected chi connectivity index (χ3v) is 4.17. The van der Waals surface area contributed by atoms with Crippen LogP contribution >= 0.6 is 11.6 Å². The lowest BCUT2D eigenvalue weighted by Crippen LogP contribution is -2.43. The van der Waals surface area contributed by atoms with Crippen molar-refractivity contribution in [2.75, 3.05) is 6.54 Å². The van der Waals surface area contributed by atoms with Gasteiger partial charge in [-0.2, -0.15) is 0 Å². The Labute approximate surface area is 150 Å². The highest BCUT2D eigenvalue weighted by Gasteiger charge is 2.28. The molecule has 0 saturated carbocycles. The summed E-state index contributed by atoms with van der Waals surface area (Å²) in [4.78, 5) is 11.9. The number of rotatable bonds is 5. The molecule has 3 rings (SSSR count). The predicted molar refractivity (Wildman–Crippen MR) is 97.5 cm³/mol. The number of carbonyl (C=O) groups is 1. The molecular formula is C19H19ClN2O3. The van der Waals surface area contributed by atoms with E-state index >= 15 is 0 Å². The van der Waals surface area contributed by atoms with Crippen LogP contribution in [0.4, 0.5) is 4.79 Å². The molecule has 1 heterocycles. The fourth-order valence-corrected chi connectivity index (χ4v) is 2.56. The van der Waals surface area contributed by atoms with Crippen LogP contribution in [0.15, 0.2) is 59.0 Å². The lowest BCUT2D eigenvalue weighted by Gasteiger charge is -2.21.